The Morgan fingerprint density at radius 3 is 2.78 bits per heavy atom. The van der Waals surface area contributed by atoms with Crippen LogP contribution in [0.1, 0.15) is 0 Å². The molecule has 0 amide bonds. The maximum atomic E-state index is 10.4. The molecule has 12 heteroatoms. The van der Waals surface area contributed by atoms with Crippen LogP contribution in [0.3, 0.4) is 0 Å². The second-order valence-corrected chi connectivity index (χ2v) is 6.01. The molecule has 2 N–H and O–H groups in total. The van der Waals surface area contributed by atoms with Gasteiger partial charge in [0, 0.05) is 13.1 Å². The summed E-state index contributed by atoms with van der Waals surface area (Å²) in [5.74, 6) is -0.141. The van der Waals surface area contributed by atoms with Crippen molar-refractivity contribution in [3.8, 4) is 11.5 Å². The molecule has 4 aromatic rings. The summed E-state index contributed by atoms with van der Waals surface area (Å²) in [6, 6.07) is 4.39. The number of rotatable bonds is 4. The Hall–Kier alpha value is -3.80. The van der Waals surface area contributed by atoms with E-state index in [2.05, 4.69) is 39.9 Å². The molecule has 0 saturated heterocycles. The summed E-state index contributed by atoms with van der Waals surface area (Å²) in [6.45, 7) is 0. The van der Waals surface area contributed by atoms with Gasteiger partial charge in [-0.15, -0.1) is 20.5 Å². The fourth-order valence-corrected chi connectivity index (χ4v) is 2.80. The number of phenolic OH excluding ortho intramolecular Hbond substituents is 2. The highest BCUT2D eigenvalue weighted by atomic mass is 32.1. The first-order chi connectivity index (χ1) is 13.1. The SMILES string of the molecule is Cn1nccc1/N=N/c1c(O)ccc(/N=N/c2snc3cncnc23)c1O. The molecule has 0 spiro atoms. The van der Waals surface area contributed by atoms with E-state index in [4.69, 9.17) is 0 Å². The average Bonchev–Trinajstić information content (AvgIpc) is 3.27. The summed E-state index contributed by atoms with van der Waals surface area (Å²) in [5.41, 5.74) is 1.16. The Morgan fingerprint density at radius 2 is 1.96 bits per heavy atom. The van der Waals surface area contributed by atoms with E-state index < -0.39 is 0 Å². The van der Waals surface area contributed by atoms with E-state index in [1.807, 2.05) is 0 Å². The van der Waals surface area contributed by atoms with Crippen LogP contribution >= 0.6 is 11.5 Å². The third-order valence-electron chi connectivity index (χ3n) is 3.53. The van der Waals surface area contributed by atoms with Crippen LogP contribution in [-0.4, -0.2) is 34.3 Å². The molecule has 0 saturated carbocycles. The number of benzene rings is 1. The van der Waals surface area contributed by atoms with Crippen molar-refractivity contribution in [2.24, 2.45) is 27.5 Å². The van der Waals surface area contributed by atoms with E-state index in [9.17, 15) is 10.2 Å². The molecule has 0 aliphatic carbocycles. The van der Waals surface area contributed by atoms with Crippen LogP contribution in [0, 0.1) is 0 Å². The summed E-state index contributed by atoms with van der Waals surface area (Å²) in [4.78, 5) is 8.00. The number of hydrogen-bond donors (Lipinski definition) is 2. The van der Waals surface area contributed by atoms with Crippen LogP contribution in [0.15, 0.2) is 57.4 Å². The molecule has 1 aromatic carbocycles. The highest BCUT2D eigenvalue weighted by molar-refractivity contribution is 7.11. The number of azo groups is 2. The third kappa shape index (κ3) is 3.20. The molecule has 0 atom stereocenters. The first-order valence-electron chi connectivity index (χ1n) is 7.55. The molecule has 0 fully saturated rings. The van der Waals surface area contributed by atoms with Gasteiger partial charge in [0.2, 0.25) is 0 Å². The van der Waals surface area contributed by atoms with Gasteiger partial charge < -0.3 is 10.2 Å². The van der Waals surface area contributed by atoms with E-state index in [-0.39, 0.29) is 22.9 Å². The van der Waals surface area contributed by atoms with Gasteiger partial charge in [0.05, 0.1) is 12.4 Å². The van der Waals surface area contributed by atoms with Gasteiger partial charge in [0.25, 0.3) is 0 Å². The lowest BCUT2D eigenvalue weighted by Gasteiger charge is -2.03. The van der Waals surface area contributed by atoms with Crippen molar-refractivity contribution in [3.05, 3.63) is 36.9 Å². The van der Waals surface area contributed by atoms with Gasteiger partial charge in [0.15, 0.2) is 22.3 Å². The second-order valence-electron chi connectivity index (χ2n) is 5.26. The smallest absolute Gasteiger partial charge is 0.185 e. The molecule has 0 radical (unpaired) electrons. The summed E-state index contributed by atoms with van der Waals surface area (Å²) in [7, 11) is 1.70. The van der Waals surface area contributed by atoms with Crippen molar-refractivity contribution >= 4 is 44.8 Å². The zero-order valence-corrected chi connectivity index (χ0v) is 14.6. The molecule has 3 aromatic heterocycles. The molecule has 0 bridgehead atoms. The second kappa shape index (κ2) is 6.84. The number of aromatic hydroxyl groups is 2. The lowest BCUT2D eigenvalue weighted by molar-refractivity contribution is 0.453. The van der Waals surface area contributed by atoms with Crippen LogP contribution in [-0.2, 0) is 7.05 Å². The summed E-state index contributed by atoms with van der Waals surface area (Å²) >= 11 is 1.11. The summed E-state index contributed by atoms with van der Waals surface area (Å²) in [5, 5.41) is 40.7. The topological polar surface area (TPSA) is 146 Å². The van der Waals surface area contributed by atoms with E-state index in [1.54, 1.807) is 25.5 Å². The first-order valence-corrected chi connectivity index (χ1v) is 8.32. The van der Waals surface area contributed by atoms with E-state index in [0.717, 1.165) is 11.5 Å². The van der Waals surface area contributed by atoms with Crippen LogP contribution in [0.5, 0.6) is 11.5 Å². The Kier molecular flexibility index (Phi) is 4.22. The Balaban J connectivity index is 1.68. The molecule has 27 heavy (non-hydrogen) atoms. The largest absolute Gasteiger partial charge is 0.505 e. The lowest BCUT2D eigenvalue weighted by atomic mass is 10.2. The molecule has 0 unspecified atom stereocenters. The van der Waals surface area contributed by atoms with Crippen molar-refractivity contribution in [3.63, 3.8) is 0 Å². The van der Waals surface area contributed by atoms with Crippen molar-refractivity contribution in [2.45, 2.75) is 0 Å². The van der Waals surface area contributed by atoms with Crippen LogP contribution in [0.4, 0.5) is 22.2 Å². The zero-order valence-electron chi connectivity index (χ0n) is 13.8. The number of aromatic nitrogens is 5. The predicted octanol–water partition coefficient (Wildman–Crippen LogP) is 4.06. The fraction of sp³-hybridized carbons (Fsp3) is 0.0667. The first kappa shape index (κ1) is 16.7. The Labute approximate surface area is 155 Å². The van der Waals surface area contributed by atoms with Crippen molar-refractivity contribution < 1.29 is 10.2 Å². The van der Waals surface area contributed by atoms with Crippen LogP contribution in [0.2, 0.25) is 0 Å². The quantitative estimate of drug-likeness (QED) is 0.509. The van der Waals surface area contributed by atoms with E-state index in [0.29, 0.717) is 21.9 Å². The molecular formula is C15H11N9O2S. The van der Waals surface area contributed by atoms with Crippen molar-refractivity contribution in [2.75, 3.05) is 0 Å². The van der Waals surface area contributed by atoms with Gasteiger partial charge >= 0.3 is 0 Å². The van der Waals surface area contributed by atoms with Crippen molar-refractivity contribution in [1.82, 2.24) is 24.1 Å². The fourth-order valence-electron chi connectivity index (χ4n) is 2.16. The molecule has 11 nitrogen and oxygen atoms in total. The number of phenols is 2. The van der Waals surface area contributed by atoms with Crippen LogP contribution in [0.25, 0.3) is 11.0 Å². The number of hydrogen-bond acceptors (Lipinski definition) is 11. The summed E-state index contributed by atoms with van der Waals surface area (Å²) < 4.78 is 5.67. The molecule has 3 heterocycles. The summed E-state index contributed by atoms with van der Waals surface area (Å²) in [6.07, 6.45) is 4.53. The van der Waals surface area contributed by atoms with Gasteiger partial charge in [0.1, 0.15) is 28.8 Å². The highest BCUT2D eigenvalue weighted by Crippen LogP contribution is 2.44. The van der Waals surface area contributed by atoms with Crippen LogP contribution < -0.4 is 0 Å². The minimum Gasteiger partial charge on any atom is -0.505 e. The number of fused-ring (bicyclic) bond motifs is 1. The Bertz CT molecular complexity index is 1180. The zero-order chi connectivity index (χ0) is 18.8. The minimum absolute atomic E-state index is 0.113. The van der Waals surface area contributed by atoms with Gasteiger partial charge in [-0.25, -0.2) is 14.6 Å². The van der Waals surface area contributed by atoms with Gasteiger partial charge in [-0.05, 0) is 23.7 Å². The highest BCUT2D eigenvalue weighted by Gasteiger charge is 2.13. The van der Waals surface area contributed by atoms with E-state index >= 15 is 0 Å². The lowest BCUT2D eigenvalue weighted by Crippen LogP contribution is -1.86. The van der Waals surface area contributed by atoms with Gasteiger partial charge in [-0.3, -0.25) is 0 Å². The minimum atomic E-state index is -0.354. The predicted molar refractivity (Wildman–Crippen MR) is 96.5 cm³/mol. The average molecular weight is 381 g/mol. The normalized spacial score (nSPS) is 11.9. The standard InChI is InChI=1S/C15H11N9O2S/c1-24-11(4-5-18-24)20-21-13-10(25)3-2-8(14(13)26)19-22-15-12-9(23-27-15)6-16-7-17-12/h2-7,25-26H,1H3/b21-20+,22-19+. The third-order valence-corrected chi connectivity index (χ3v) is 4.27. The molecule has 0 aliphatic rings. The van der Waals surface area contributed by atoms with Gasteiger partial charge in [-0.2, -0.15) is 9.47 Å². The van der Waals surface area contributed by atoms with E-state index in [1.165, 1.54) is 23.1 Å². The number of aryl methyl sites for hydroxylation is 1. The maximum absolute atomic E-state index is 10.4. The molecule has 0 aliphatic heterocycles. The maximum Gasteiger partial charge on any atom is 0.185 e. The molecule has 4 rings (SSSR count). The van der Waals surface area contributed by atoms with Gasteiger partial charge in [-0.1, -0.05) is 0 Å². The Morgan fingerprint density at radius 1 is 1.07 bits per heavy atom. The molecular weight excluding hydrogens is 370 g/mol. The monoisotopic (exact) mass is 381 g/mol. The molecule has 134 valence electrons. The number of nitrogens with zero attached hydrogens (tertiary/aromatic N) is 9. The van der Waals surface area contributed by atoms with Crippen molar-refractivity contribution in [1.29, 1.82) is 0 Å².